The molecule has 96 valence electrons. The van der Waals surface area contributed by atoms with E-state index in [1.165, 1.54) is 0 Å². The van der Waals surface area contributed by atoms with E-state index in [4.69, 9.17) is 5.26 Å². The number of nitrogens with one attached hydrogen (secondary N) is 1. The van der Waals surface area contributed by atoms with Gasteiger partial charge in [-0.25, -0.2) is 0 Å². The van der Waals surface area contributed by atoms with Crippen LogP contribution in [-0.4, -0.2) is 5.11 Å². The number of hydrogen-bond donors (Lipinski definition) is 2. The largest absolute Gasteiger partial charge is 0.508 e. The Hall–Kier alpha value is -2.47. The molecule has 0 aliphatic rings. The van der Waals surface area contributed by atoms with Crippen molar-refractivity contribution in [3.8, 4) is 11.8 Å². The van der Waals surface area contributed by atoms with Gasteiger partial charge in [0.15, 0.2) is 0 Å². The van der Waals surface area contributed by atoms with Crippen molar-refractivity contribution < 1.29 is 5.11 Å². The van der Waals surface area contributed by atoms with Crippen molar-refractivity contribution in [3.05, 3.63) is 59.2 Å². The van der Waals surface area contributed by atoms with Crippen molar-refractivity contribution in [1.29, 1.82) is 5.26 Å². The molecule has 3 nitrogen and oxygen atoms in total. The van der Waals surface area contributed by atoms with Crippen LogP contribution in [-0.2, 0) is 13.0 Å². The fourth-order valence-electron chi connectivity index (χ4n) is 1.88. The van der Waals surface area contributed by atoms with Gasteiger partial charge < -0.3 is 10.4 Å². The first-order valence-corrected chi connectivity index (χ1v) is 6.17. The first-order chi connectivity index (χ1) is 9.19. The summed E-state index contributed by atoms with van der Waals surface area (Å²) in [6, 6.07) is 15.4. The van der Waals surface area contributed by atoms with Gasteiger partial charge in [0, 0.05) is 17.8 Å². The van der Waals surface area contributed by atoms with Crippen LogP contribution in [0.2, 0.25) is 0 Å². The van der Waals surface area contributed by atoms with Crippen molar-refractivity contribution in [3.63, 3.8) is 0 Å². The predicted molar refractivity (Wildman–Crippen MR) is 75.9 cm³/mol. The van der Waals surface area contributed by atoms with Crippen molar-refractivity contribution >= 4 is 5.69 Å². The van der Waals surface area contributed by atoms with E-state index in [2.05, 4.69) is 11.4 Å². The number of anilines is 1. The second-order valence-electron chi connectivity index (χ2n) is 4.52. The number of nitrogens with zero attached hydrogens (tertiary/aromatic N) is 1. The fraction of sp³-hybridized carbons (Fsp3) is 0.188. The SMILES string of the molecule is Cc1ccc(O)c(CNc2ccc(CC#N)cc2)c1. The monoisotopic (exact) mass is 252 g/mol. The van der Waals surface area contributed by atoms with Gasteiger partial charge in [0.05, 0.1) is 12.5 Å². The molecule has 19 heavy (non-hydrogen) atoms. The topological polar surface area (TPSA) is 56.0 Å². The van der Waals surface area contributed by atoms with Gasteiger partial charge in [-0.05, 0) is 30.7 Å². The lowest BCUT2D eigenvalue weighted by Crippen LogP contribution is -2.00. The highest BCUT2D eigenvalue weighted by atomic mass is 16.3. The molecule has 2 N–H and O–H groups in total. The van der Waals surface area contributed by atoms with E-state index in [1.54, 1.807) is 6.07 Å². The molecule has 0 radical (unpaired) electrons. The quantitative estimate of drug-likeness (QED) is 0.877. The fourth-order valence-corrected chi connectivity index (χ4v) is 1.88. The molecule has 0 aromatic heterocycles. The molecule has 0 amide bonds. The van der Waals surface area contributed by atoms with E-state index >= 15 is 0 Å². The summed E-state index contributed by atoms with van der Waals surface area (Å²) in [5, 5.41) is 21.6. The summed E-state index contributed by atoms with van der Waals surface area (Å²) in [5.74, 6) is 0.305. The molecule has 3 heteroatoms. The van der Waals surface area contributed by atoms with Gasteiger partial charge in [0.25, 0.3) is 0 Å². The smallest absolute Gasteiger partial charge is 0.120 e. The van der Waals surface area contributed by atoms with Crippen LogP contribution in [0.1, 0.15) is 16.7 Å². The highest BCUT2D eigenvalue weighted by Gasteiger charge is 2.01. The molecule has 0 aliphatic carbocycles. The first kappa shape index (κ1) is 13.0. The average molecular weight is 252 g/mol. The van der Waals surface area contributed by atoms with Gasteiger partial charge in [-0.2, -0.15) is 5.26 Å². The van der Waals surface area contributed by atoms with E-state index in [0.717, 1.165) is 22.4 Å². The normalized spacial score (nSPS) is 9.89. The maximum atomic E-state index is 9.75. The third-order valence-electron chi connectivity index (χ3n) is 2.96. The number of rotatable bonds is 4. The minimum absolute atomic E-state index is 0.305. The molecule has 0 spiro atoms. The van der Waals surface area contributed by atoms with Gasteiger partial charge in [-0.3, -0.25) is 0 Å². The number of aryl methyl sites for hydroxylation is 1. The van der Waals surface area contributed by atoms with Crippen LogP contribution in [0.4, 0.5) is 5.69 Å². The van der Waals surface area contributed by atoms with Crippen molar-refractivity contribution in [1.82, 2.24) is 0 Å². The molecule has 0 saturated heterocycles. The van der Waals surface area contributed by atoms with E-state index in [-0.39, 0.29) is 0 Å². The Labute approximate surface area is 113 Å². The minimum atomic E-state index is 0.305. The number of benzene rings is 2. The third kappa shape index (κ3) is 3.49. The van der Waals surface area contributed by atoms with Gasteiger partial charge in [-0.1, -0.05) is 29.8 Å². The van der Waals surface area contributed by atoms with Crippen molar-refractivity contribution in [2.45, 2.75) is 19.9 Å². The number of phenolic OH excluding ortho intramolecular Hbond substituents is 1. The van der Waals surface area contributed by atoms with Gasteiger partial charge in [-0.15, -0.1) is 0 Å². The van der Waals surface area contributed by atoms with Gasteiger partial charge in [0.2, 0.25) is 0 Å². The summed E-state index contributed by atoms with van der Waals surface area (Å²) in [6.45, 7) is 2.57. The lowest BCUT2D eigenvalue weighted by atomic mass is 10.1. The Morgan fingerprint density at radius 2 is 1.89 bits per heavy atom. The molecule has 0 unspecified atom stereocenters. The molecule has 2 rings (SSSR count). The summed E-state index contributed by atoms with van der Waals surface area (Å²) in [7, 11) is 0. The molecular weight excluding hydrogens is 236 g/mol. The van der Waals surface area contributed by atoms with Crippen LogP contribution < -0.4 is 5.32 Å². The summed E-state index contributed by atoms with van der Waals surface area (Å²) < 4.78 is 0. The molecule has 0 atom stereocenters. The Morgan fingerprint density at radius 1 is 1.16 bits per heavy atom. The van der Waals surface area contributed by atoms with Crippen LogP contribution in [0.5, 0.6) is 5.75 Å². The summed E-state index contributed by atoms with van der Waals surface area (Å²) in [4.78, 5) is 0. The average Bonchev–Trinajstić information content (AvgIpc) is 2.42. The lowest BCUT2D eigenvalue weighted by Gasteiger charge is -2.09. The van der Waals surface area contributed by atoms with Crippen molar-refractivity contribution in [2.75, 3.05) is 5.32 Å². The van der Waals surface area contributed by atoms with Gasteiger partial charge in [0.1, 0.15) is 5.75 Å². The predicted octanol–water partition coefficient (Wildman–Crippen LogP) is 3.38. The van der Waals surface area contributed by atoms with Crippen LogP contribution in [0.25, 0.3) is 0 Å². The molecule has 0 bridgehead atoms. The van der Waals surface area contributed by atoms with Crippen LogP contribution in [0.15, 0.2) is 42.5 Å². The van der Waals surface area contributed by atoms with E-state index < -0.39 is 0 Å². The minimum Gasteiger partial charge on any atom is -0.508 e. The maximum absolute atomic E-state index is 9.75. The summed E-state index contributed by atoms with van der Waals surface area (Å²) in [6.07, 6.45) is 0.430. The molecule has 0 fully saturated rings. The zero-order valence-electron chi connectivity index (χ0n) is 10.9. The molecule has 2 aromatic rings. The Bertz CT molecular complexity index is 597. The second-order valence-corrected chi connectivity index (χ2v) is 4.52. The maximum Gasteiger partial charge on any atom is 0.120 e. The Morgan fingerprint density at radius 3 is 2.58 bits per heavy atom. The van der Waals surface area contributed by atoms with E-state index in [0.29, 0.717) is 18.7 Å². The molecule has 0 aliphatic heterocycles. The molecule has 2 aromatic carbocycles. The lowest BCUT2D eigenvalue weighted by molar-refractivity contribution is 0.469. The number of aromatic hydroxyl groups is 1. The summed E-state index contributed by atoms with van der Waals surface area (Å²) >= 11 is 0. The standard InChI is InChI=1S/C16H16N2O/c1-12-2-7-16(19)14(10-12)11-18-15-5-3-13(4-6-15)8-9-17/h2-7,10,18-19H,8,11H2,1H3. The Kier molecular flexibility index (Phi) is 4.04. The van der Waals surface area contributed by atoms with E-state index in [9.17, 15) is 5.11 Å². The second kappa shape index (κ2) is 5.92. The van der Waals surface area contributed by atoms with Crippen LogP contribution >= 0.6 is 0 Å². The summed E-state index contributed by atoms with van der Waals surface area (Å²) in [5.41, 5.74) is 3.98. The number of phenols is 1. The zero-order chi connectivity index (χ0) is 13.7. The number of hydrogen-bond acceptors (Lipinski definition) is 3. The van der Waals surface area contributed by atoms with Crippen LogP contribution in [0.3, 0.4) is 0 Å². The van der Waals surface area contributed by atoms with Gasteiger partial charge >= 0.3 is 0 Å². The Balaban J connectivity index is 2.02. The third-order valence-corrected chi connectivity index (χ3v) is 2.96. The molecule has 0 saturated carbocycles. The van der Waals surface area contributed by atoms with Crippen LogP contribution in [0, 0.1) is 18.3 Å². The zero-order valence-corrected chi connectivity index (χ0v) is 10.9. The highest BCUT2D eigenvalue weighted by Crippen LogP contribution is 2.20. The van der Waals surface area contributed by atoms with Crippen molar-refractivity contribution in [2.24, 2.45) is 0 Å². The first-order valence-electron chi connectivity index (χ1n) is 6.17. The highest BCUT2D eigenvalue weighted by molar-refractivity contribution is 5.47. The molecule has 0 heterocycles. The van der Waals surface area contributed by atoms with E-state index in [1.807, 2.05) is 43.3 Å². The number of nitriles is 1. The molecular formula is C16H16N2O.